The van der Waals surface area contributed by atoms with Crippen LogP contribution in [-0.2, 0) is 17.8 Å². The van der Waals surface area contributed by atoms with Crippen LogP contribution in [-0.4, -0.2) is 30.4 Å². The first-order valence-corrected chi connectivity index (χ1v) is 14.5. The summed E-state index contributed by atoms with van der Waals surface area (Å²) in [5.41, 5.74) is 5.19. The van der Waals surface area contributed by atoms with Gasteiger partial charge in [-0.3, -0.25) is 0 Å². The van der Waals surface area contributed by atoms with E-state index in [0.717, 1.165) is 46.6 Å². The molecule has 2 heterocycles. The van der Waals surface area contributed by atoms with Gasteiger partial charge in [0.2, 0.25) is 10.0 Å². The second-order valence-electron chi connectivity index (χ2n) is 9.55. The van der Waals surface area contributed by atoms with Crippen LogP contribution in [0.25, 0.3) is 27.5 Å². The molecule has 202 valence electrons. The molecular formula is C29H22F2N4O3S2. The molecule has 5 aromatic rings. The first-order chi connectivity index (χ1) is 19.3. The average Bonchev–Trinajstić information content (AvgIpc) is 3.52. The number of hydrogen-bond donors (Lipinski definition) is 2. The monoisotopic (exact) mass is 576 g/mol. The summed E-state index contributed by atoms with van der Waals surface area (Å²) in [6.45, 7) is 0. The number of nitrogens with zero attached hydrogens (tertiary/aromatic N) is 3. The minimum Gasteiger partial charge on any atom is -0.593 e. The van der Waals surface area contributed by atoms with E-state index < -0.39 is 23.1 Å². The summed E-state index contributed by atoms with van der Waals surface area (Å²) in [6.07, 6.45) is 2.21. The van der Waals surface area contributed by atoms with Gasteiger partial charge in [-0.25, -0.2) is 23.2 Å². The molecule has 1 saturated carbocycles. The first-order valence-electron chi connectivity index (χ1n) is 12.4. The van der Waals surface area contributed by atoms with Crippen LogP contribution >= 0.6 is 11.3 Å². The highest BCUT2D eigenvalue weighted by Gasteiger charge is 2.33. The molecule has 0 saturated heterocycles. The predicted octanol–water partition coefficient (Wildman–Crippen LogP) is 6.09. The van der Waals surface area contributed by atoms with Crippen LogP contribution in [0.4, 0.5) is 8.78 Å². The van der Waals surface area contributed by atoms with E-state index in [2.05, 4.69) is 4.98 Å². The minimum absolute atomic E-state index is 0.0751. The van der Waals surface area contributed by atoms with Gasteiger partial charge in [0.05, 0.1) is 22.7 Å². The van der Waals surface area contributed by atoms with Crippen LogP contribution in [0.15, 0.2) is 77.0 Å². The number of hydrogen-bond acceptors (Lipinski definition) is 6. The highest BCUT2D eigenvalue weighted by molar-refractivity contribution is 7.89. The Kier molecular flexibility index (Phi) is 6.97. The molecule has 0 spiro atoms. The number of carboxylic acid groups (broad SMARTS) is 1. The molecule has 2 aromatic heterocycles. The summed E-state index contributed by atoms with van der Waals surface area (Å²) in [6, 6.07) is 18.3. The Balaban J connectivity index is 1.54. The summed E-state index contributed by atoms with van der Waals surface area (Å²) < 4.78 is 42.1. The third kappa shape index (κ3) is 5.16. The summed E-state index contributed by atoms with van der Waals surface area (Å²) in [5.74, 6) is -1.93. The Morgan fingerprint density at radius 3 is 2.45 bits per heavy atom. The largest absolute Gasteiger partial charge is 0.593 e. The summed E-state index contributed by atoms with van der Waals surface area (Å²) in [7, 11) is 0. The van der Waals surface area contributed by atoms with E-state index >= 15 is 0 Å². The van der Waals surface area contributed by atoms with Crippen molar-refractivity contribution >= 4 is 28.7 Å². The molecule has 7 nitrogen and oxygen atoms in total. The number of nitrogens with two attached hydrogens (primary N) is 1. The second kappa shape index (κ2) is 10.6. The number of rotatable bonds is 8. The van der Waals surface area contributed by atoms with E-state index in [1.165, 1.54) is 29.6 Å². The minimum atomic E-state index is -1.95. The van der Waals surface area contributed by atoms with E-state index in [-0.39, 0.29) is 22.3 Å². The Bertz CT molecular complexity index is 1750. The lowest BCUT2D eigenvalue weighted by atomic mass is 9.95. The van der Waals surface area contributed by atoms with Crippen molar-refractivity contribution in [2.24, 2.45) is 5.14 Å². The van der Waals surface area contributed by atoms with E-state index in [1.807, 2.05) is 30.3 Å². The van der Waals surface area contributed by atoms with Crippen molar-refractivity contribution in [2.75, 3.05) is 0 Å². The van der Waals surface area contributed by atoms with Crippen molar-refractivity contribution in [1.29, 1.82) is 0 Å². The smallest absolute Gasteiger partial charge is 0.355 e. The number of aromatic carboxylic acids is 1. The van der Waals surface area contributed by atoms with Crippen LogP contribution in [0, 0.1) is 11.6 Å². The Morgan fingerprint density at radius 1 is 1.07 bits per heavy atom. The molecule has 6 rings (SSSR count). The van der Waals surface area contributed by atoms with Crippen LogP contribution in [0.3, 0.4) is 0 Å². The van der Waals surface area contributed by atoms with E-state index in [9.17, 15) is 23.2 Å². The fourth-order valence-electron chi connectivity index (χ4n) is 4.76. The summed E-state index contributed by atoms with van der Waals surface area (Å²) in [5, 5.41) is 21.6. The van der Waals surface area contributed by atoms with Crippen molar-refractivity contribution in [3.05, 3.63) is 106 Å². The van der Waals surface area contributed by atoms with Crippen LogP contribution in [0.1, 0.15) is 46.1 Å². The molecule has 0 amide bonds. The van der Waals surface area contributed by atoms with Crippen LogP contribution in [0.2, 0.25) is 0 Å². The Labute approximate surface area is 235 Å². The number of halogens is 2. The van der Waals surface area contributed by atoms with Gasteiger partial charge < -0.3 is 9.66 Å². The maximum Gasteiger partial charge on any atom is 0.355 e. The third-order valence-corrected chi connectivity index (χ3v) is 8.34. The molecule has 1 fully saturated rings. The SMILES string of the molecule is N[S+]([O-])c1ccc(Cc2c(C3CC3)nn(-c3nc(C(=O)O)cs3)c2-c2cccc(-c3cccc(F)c3)c2)cc1F. The molecule has 0 bridgehead atoms. The van der Waals surface area contributed by atoms with Crippen LogP contribution in [0.5, 0.6) is 0 Å². The molecule has 1 aliphatic rings. The van der Waals surface area contributed by atoms with Crippen molar-refractivity contribution in [2.45, 2.75) is 30.1 Å². The predicted molar refractivity (Wildman–Crippen MR) is 149 cm³/mol. The lowest BCUT2D eigenvalue weighted by molar-refractivity contribution is 0.0691. The molecule has 11 heteroatoms. The molecule has 3 aromatic carbocycles. The first kappa shape index (κ1) is 26.3. The maximum absolute atomic E-state index is 14.7. The molecule has 0 radical (unpaired) electrons. The van der Waals surface area contributed by atoms with Gasteiger partial charge in [0.1, 0.15) is 5.82 Å². The normalized spacial score (nSPS) is 13.9. The summed E-state index contributed by atoms with van der Waals surface area (Å²) >= 11 is -0.788. The van der Waals surface area contributed by atoms with Gasteiger partial charge in [-0.15, -0.1) is 16.5 Å². The second-order valence-corrected chi connectivity index (χ2v) is 11.4. The van der Waals surface area contributed by atoms with Gasteiger partial charge >= 0.3 is 5.97 Å². The molecule has 0 aliphatic heterocycles. The highest BCUT2D eigenvalue weighted by Crippen LogP contribution is 2.45. The van der Waals surface area contributed by atoms with Crippen molar-refractivity contribution < 1.29 is 23.2 Å². The number of carbonyl (C=O) groups is 1. The highest BCUT2D eigenvalue weighted by atomic mass is 32.2. The average molecular weight is 577 g/mol. The van der Waals surface area contributed by atoms with Crippen LogP contribution < -0.4 is 5.14 Å². The lowest BCUT2D eigenvalue weighted by Crippen LogP contribution is -2.14. The van der Waals surface area contributed by atoms with Gasteiger partial charge in [-0.2, -0.15) is 5.10 Å². The zero-order chi connectivity index (χ0) is 28.0. The topological polar surface area (TPSA) is 117 Å². The van der Waals surface area contributed by atoms with E-state index in [1.54, 1.807) is 16.8 Å². The molecule has 1 atom stereocenters. The zero-order valence-corrected chi connectivity index (χ0v) is 22.5. The molecule has 1 aliphatic carbocycles. The molecule has 1 unspecified atom stereocenters. The maximum atomic E-state index is 14.7. The van der Waals surface area contributed by atoms with Gasteiger partial charge in [0.25, 0.3) is 0 Å². The van der Waals surface area contributed by atoms with Crippen molar-refractivity contribution in [3.63, 3.8) is 0 Å². The number of aromatic nitrogens is 3. The standard InChI is InChI=1S/C29H22F2N4O3S2/c30-21-6-2-4-19(14-21)18-3-1-5-20(13-18)27-22(11-16-7-10-25(40(32)38)23(31)12-16)26(17-8-9-17)34-35(27)29-33-24(15-39-29)28(36)37/h1-7,10,12-15,17H,8-9,11,32H2,(H,36,37). The lowest BCUT2D eigenvalue weighted by Gasteiger charge is -2.12. The van der Waals surface area contributed by atoms with E-state index in [4.69, 9.17) is 10.2 Å². The van der Waals surface area contributed by atoms with Gasteiger partial charge in [-0.05, 0) is 59.9 Å². The zero-order valence-electron chi connectivity index (χ0n) is 20.9. The molecular weight excluding hydrogens is 554 g/mol. The molecule has 3 N–H and O–H groups in total. The van der Waals surface area contributed by atoms with Crippen molar-refractivity contribution in [1.82, 2.24) is 14.8 Å². The van der Waals surface area contributed by atoms with Gasteiger partial charge in [-0.1, -0.05) is 36.4 Å². The van der Waals surface area contributed by atoms with E-state index in [0.29, 0.717) is 28.4 Å². The van der Waals surface area contributed by atoms with Gasteiger partial charge in [0, 0.05) is 28.8 Å². The fourth-order valence-corrected chi connectivity index (χ4v) is 5.96. The summed E-state index contributed by atoms with van der Waals surface area (Å²) in [4.78, 5) is 15.8. The fraction of sp³-hybridized carbons (Fsp3) is 0.138. The number of thiazole rings is 1. The number of carboxylic acids is 1. The Hall–Kier alpha value is -3.90. The third-order valence-electron chi connectivity index (χ3n) is 6.76. The van der Waals surface area contributed by atoms with Gasteiger partial charge in [0.15, 0.2) is 11.5 Å². The quantitative estimate of drug-likeness (QED) is 0.216. The Morgan fingerprint density at radius 2 is 1.80 bits per heavy atom. The molecule has 40 heavy (non-hydrogen) atoms. The van der Waals surface area contributed by atoms with Crippen molar-refractivity contribution in [3.8, 4) is 27.5 Å². The number of benzene rings is 3.